The van der Waals surface area contributed by atoms with Crippen LogP contribution < -0.4 is 9.47 Å². The fraction of sp³-hybridized carbons (Fsp3) is 0.174. The van der Waals surface area contributed by atoms with Crippen LogP contribution in [-0.2, 0) is 6.61 Å². The second kappa shape index (κ2) is 9.89. The average molecular weight is 425 g/mol. The Balaban J connectivity index is 1.75. The molecule has 6 nitrogen and oxygen atoms in total. The first-order chi connectivity index (χ1) is 14.5. The molecule has 0 aromatic heterocycles. The molecule has 0 unspecified atom stereocenters. The molecular formula is C23H21ClN2O4. The topological polar surface area (TPSA) is 74.0 Å². The standard InChI is InChI=1S/C23H21ClN2O4/c1-3-29-23-12-18(14-25-21-13-19(24)8-4-16(21)2)7-11-22(23)30-15-17-5-9-20(10-6-17)26(27)28/h4-14H,3,15H2,1-2H3. The predicted molar refractivity (Wildman–Crippen MR) is 118 cm³/mol. The molecule has 0 N–H and O–H groups in total. The van der Waals surface area contributed by atoms with Crippen molar-refractivity contribution in [3.05, 3.63) is 92.5 Å². The molecule has 3 rings (SSSR count). The Morgan fingerprint density at radius 3 is 2.50 bits per heavy atom. The van der Waals surface area contributed by atoms with E-state index in [2.05, 4.69) is 4.99 Å². The molecule has 3 aromatic rings. The fourth-order valence-corrected chi connectivity index (χ4v) is 2.90. The Bertz CT molecular complexity index is 1070. The second-order valence-corrected chi connectivity index (χ2v) is 6.98. The second-order valence-electron chi connectivity index (χ2n) is 6.54. The maximum absolute atomic E-state index is 10.8. The Morgan fingerprint density at radius 1 is 1.03 bits per heavy atom. The number of halogens is 1. The first-order valence-electron chi connectivity index (χ1n) is 9.39. The molecule has 0 heterocycles. The van der Waals surface area contributed by atoms with Crippen molar-refractivity contribution < 1.29 is 14.4 Å². The van der Waals surface area contributed by atoms with Gasteiger partial charge in [-0.3, -0.25) is 15.1 Å². The van der Waals surface area contributed by atoms with Crippen molar-refractivity contribution in [1.82, 2.24) is 0 Å². The minimum absolute atomic E-state index is 0.0485. The van der Waals surface area contributed by atoms with Crippen LogP contribution >= 0.6 is 11.6 Å². The Morgan fingerprint density at radius 2 is 1.80 bits per heavy atom. The van der Waals surface area contributed by atoms with Crippen molar-refractivity contribution in [2.45, 2.75) is 20.5 Å². The molecular weight excluding hydrogens is 404 g/mol. The normalized spacial score (nSPS) is 10.9. The van der Waals surface area contributed by atoms with Crippen molar-refractivity contribution in [2.24, 2.45) is 4.99 Å². The molecule has 0 aliphatic heterocycles. The summed E-state index contributed by atoms with van der Waals surface area (Å²) < 4.78 is 11.6. The van der Waals surface area contributed by atoms with Gasteiger partial charge in [0.1, 0.15) is 6.61 Å². The number of ether oxygens (including phenoxy) is 2. The minimum atomic E-state index is -0.428. The van der Waals surface area contributed by atoms with E-state index >= 15 is 0 Å². The van der Waals surface area contributed by atoms with Crippen LogP contribution in [0.4, 0.5) is 11.4 Å². The number of nitro benzene ring substituents is 1. The monoisotopic (exact) mass is 424 g/mol. The SMILES string of the molecule is CCOc1cc(C=Nc2cc(Cl)ccc2C)ccc1OCc1ccc([N+](=O)[O-])cc1. The van der Waals surface area contributed by atoms with Crippen LogP contribution in [-0.4, -0.2) is 17.7 Å². The van der Waals surface area contributed by atoms with E-state index in [0.717, 1.165) is 22.4 Å². The molecule has 0 atom stereocenters. The van der Waals surface area contributed by atoms with Gasteiger partial charge in [-0.05, 0) is 73.0 Å². The molecule has 0 saturated carbocycles. The highest BCUT2D eigenvalue weighted by atomic mass is 35.5. The van der Waals surface area contributed by atoms with Crippen molar-refractivity contribution in [1.29, 1.82) is 0 Å². The molecule has 0 fully saturated rings. The molecule has 0 aliphatic rings. The summed E-state index contributed by atoms with van der Waals surface area (Å²) in [6.45, 7) is 4.63. The van der Waals surface area contributed by atoms with Crippen LogP contribution in [0.5, 0.6) is 11.5 Å². The highest BCUT2D eigenvalue weighted by Gasteiger charge is 2.08. The van der Waals surface area contributed by atoms with Gasteiger partial charge >= 0.3 is 0 Å². The first-order valence-corrected chi connectivity index (χ1v) is 9.77. The van der Waals surface area contributed by atoms with Gasteiger partial charge in [-0.15, -0.1) is 0 Å². The van der Waals surface area contributed by atoms with Gasteiger partial charge in [-0.2, -0.15) is 0 Å². The minimum Gasteiger partial charge on any atom is -0.490 e. The Kier molecular flexibility index (Phi) is 7.03. The number of aliphatic imine (C=N–C) groups is 1. The van der Waals surface area contributed by atoms with Gasteiger partial charge < -0.3 is 9.47 Å². The fourth-order valence-electron chi connectivity index (χ4n) is 2.73. The third kappa shape index (κ3) is 5.58. The summed E-state index contributed by atoms with van der Waals surface area (Å²) in [5.41, 5.74) is 3.57. The van der Waals surface area contributed by atoms with E-state index in [1.54, 1.807) is 18.3 Å². The molecule has 7 heteroatoms. The van der Waals surface area contributed by atoms with Gasteiger partial charge in [0, 0.05) is 23.4 Å². The zero-order valence-corrected chi connectivity index (χ0v) is 17.4. The van der Waals surface area contributed by atoms with Gasteiger partial charge in [0.15, 0.2) is 11.5 Å². The third-order valence-corrected chi connectivity index (χ3v) is 4.57. The smallest absolute Gasteiger partial charge is 0.269 e. The van der Waals surface area contributed by atoms with Crippen molar-refractivity contribution in [3.63, 3.8) is 0 Å². The molecule has 0 aliphatic carbocycles. The van der Waals surface area contributed by atoms with Gasteiger partial charge in [0.25, 0.3) is 5.69 Å². The summed E-state index contributed by atoms with van der Waals surface area (Å²) in [4.78, 5) is 14.9. The first kappa shape index (κ1) is 21.3. The highest BCUT2D eigenvalue weighted by Crippen LogP contribution is 2.30. The van der Waals surface area contributed by atoms with E-state index in [-0.39, 0.29) is 12.3 Å². The zero-order chi connectivity index (χ0) is 21.5. The summed E-state index contributed by atoms with van der Waals surface area (Å²) in [6.07, 6.45) is 1.75. The maximum Gasteiger partial charge on any atom is 0.269 e. The van der Waals surface area contributed by atoms with Crippen molar-refractivity contribution in [2.75, 3.05) is 6.61 Å². The van der Waals surface area contributed by atoms with Crippen LogP contribution in [0.2, 0.25) is 5.02 Å². The summed E-state index contributed by atoms with van der Waals surface area (Å²) in [6, 6.07) is 17.4. The lowest BCUT2D eigenvalue weighted by atomic mass is 10.2. The lowest BCUT2D eigenvalue weighted by Gasteiger charge is -2.12. The molecule has 30 heavy (non-hydrogen) atoms. The average Bonchev–Trinajstić information content (AvgIpc) is 2.74. The molecule has 0 bridgehead atoms. The van der Waals surface area contributed by atoms with E-state index in [1.165, 1.54) is 12.1 Å². The predicted octanol–water partition coefficient (Wildman–Crippen LogP) is 6.28. The molecule has 0 radical (unpaired) electrons. The summed E-state index contributed by atoms with van der Waals surface area (Å²) in [5, 5.41) is 11.4. The van der Waals surface area contributed by atoms with Gasteiger partial charge in [-0.25, -0.2) is 0 Å². The highest BCUT2D eigenvalue weighted by molar-refractivity contribution is 6.30. The van der Waals surface area contributed by atoms with Crippen LogP contribution in [0, 0.1) is 17.0 Å². The zero-order valence-electron chi connectivity index (χ0n) is 16.7. The summed E-state index contributed by atoms with van der Waals surface area (Å²) >= 11 is 6.05. The maximum atomic E-state index is 10.8. The van der Waals surface area contributed by atoms with Crippen LogP contribution in [0.25, 0.3) is 0 Å². The van der Waals surface area contributed by atoms with Gasteiger partial charge in [0.2, 0.25) is 0 Å². The van der Waals surface area contributed by atoms with Crippen molar-refractivity contribution >= 4 is 29.2 Å². The van der Waals surface area contributed by atoms with Crippen molar-refractivity contribution in [3.8, 4) is 11.5 Å². The largest absolute Gasteiger partial charge is 0.490 e. The van der Waals surface area contributed by atoms with Gasteiger partial charge in [-0.1, -0.05) is 17.7 Å². The Labute approximate surface area is 179 Å². The number of hydrogen-bond acceptors (Lipinski definition) is 5. The molecule has 154 valence electrons. The molecule has 0 saturated heterocycles. The van der Waals surface area contributed by atoms with E-state index in [0.29, 0.717) is 23.1 Å². The number of hydrogen-bond donors (Lipinski definition) is 0. The van der Waals surface area contributed by atoms with Crippen LogP contribution in [0.15, 0.2) is 65.7 Å². The van der Waals surface area contributed by atoms with E-state index in [9.17, 15) is 10.1 Å². The summed E-state index contributed by atoms with van der Waals surface area (Å²) in [7, 11) is 0. The lowest BCUT2D eigenvalue weighted by Crippen LogP contribution is -2.00. The van der Waals surface area contributed by atoms with E-state index < -0.39 is 4.92 Å². The number of nitro groups is 1. The van der Waals surface area contributed by atoms with Crippen LogP contribution in [0.1, 0.15) is 23.6 Å². The third-order valence-electron chi connectivity index (χ3n) is 4.33. The molecule has 0 amide bonds. The number of rotatable bonds is 8. The number of nitrogens with zero attached hydrogens (tertiary/aromatic N) is 2. The number of benzene rings is 3. The van der Waals surface area contributed by atoms with E-state index in [1.807, 2.05) is 50.2 Å². The van der Waals surface area contributed by atoms with Crippen LogP contribution in [0.3, 0.4) is 0 Å². The molecule has 0 spiro atoms. The van der Waals surface area contributed by atoms with E-state index in [4.69, 9.17) is 21.1 Å². The summed E-state index contributed by atoms with van der Waals surface area (Å²) in [5.74, 6) is 1.19. The molecule has 3 aromatic carbocycles. The van der Waals surface area contributed by atoms with Gasteiger partial charge in [0.05, 0.1) is 17.2 Å². The Hall–Kier alpha value is -3.38. The lowest BCUT2D eigenvalue weighted by molar-refractivity contribution is -0.384. The number of non-ortho nitro benzene ring substituents is 1. The number of aryl methyl sites for hydroxylation is 1. The quantitative estimate of drug-likeness (QED) is 0.242.